The van der Waals surface area contributed by atoms with Crippen LogP contribution in [0.5, 0.6) is 0 Å². The number of hydrogen-bond acceptors (Lipinski definition) is 6. The average Bonchev–Trinajstić information content (AvgIpc) is 3.45. The predicted molar refractivity (Wildman–Crippen MR) is 126 cm³/mol. The molecule has 1 heterocycles. The molecule has 2 aromatic rings. The Kier molecular flexibility index (Phi) is 7.19. The number of anilines is 4. The number of nitrogens with one attached hydrogen (secondary N) is 4. The minimum Gasteiger partial charge on any atom is -0.370 e. The fourth-order valence-electron chi connectivity index (χ4n) is 4.13. The number of amides is 2. The number of rotatable bonds is 10. The number of carbonyl (C=O) groups excluding carboxylic acids is 2. The van der Waals surface area contributed by atoms with Gasteiger partial charge < -0.3 is 21.3 Å². The van der Waals surface area contributed by atoms with Crippen molar-refractivity contribution in [2.45, 2.75) is 57.8 Å². The summed E-state index contributed by atoms with van der Waals surface area (Å²) in [5, 5.41) is 12.5. The van der Waals surface area contributed by atoms with E-state index in [0.717, 1.165) is 48.6 Å². The molecular formula is C24H32N6O2. The molecule has 2 fully saturated rings. The van der Waals surface area contributed by atoms with E-state index in [0.29, 0.717) is 18.4 Å². The Morgan fingerprint density at radius 2 is 1.84 bits per heavy atom. The molecule has 2 aliphatic rings. The summed E-state index contributed by atoms with van der Waals surface area (Å²) in [5.41, 5.74) is 2.67. The highest BCUT2D eigenvalue weighted by molar-refractivity contribution is 5.89. The van der Waals surface area contributed by atoms with Crippen molar-refractivity contribution in [2.24, 2.45) is 5.92 Å². The molecule has 4 N–H and O–H groups in total. The van der Waals surface area contributed by atoms with E-state index >= 15 is 0 Å². The first-order valence-electron chi connectivity index (χ1n) is 11.6. The lowest BCUT2D eigenvalue weighted by Gasteiger charge is -2.14. The predicted octanol–water partition coefficient (Wildman–Crippen LogP) is 4.16. The Morgan fingerprint density at radius 3 is 2.59 bits per heavy atom. The summed E-state index contributed by atoms with van der Waals surface area (Å²) in [6, 6.07) is 7.45. The summed E-state index contributed by atoms with van der Waals surface area (Å²) in [4.78, 5) is 32.6. The van der Waals surface area contributed by atoms with E-state index in [1.807, 2.05) is 30.5 Å². The largest absolute Gasteiger partial charge is 0.370 e. The van der Waals surface area contributed by atoms with Gasteiger partial charge in [0.15, 0.2) is 0 Å². The first-order valence-corrected chi connectivity index (χ1v) is 11.6. The van der Waals surface area contributed by atoms with Gasteiger partial charge in [-0.2, -0.15) is 4.98 Å². The Labute approximate surface area is 189 Å². The van der Waals surface area contributed by atoms with Gasteiger partial charge in [0.05, 0.1) is 0 Å². The van der Waals surface area contributed by atoms with E-state index in [4.69, 9.17) is 4.98 Å². The van der Waals surface area contributed by atoms with Crippen LogP contribution in [0, 0.1) is 5.92 Å². The van der Waals surface area contributed by atoms with Crippen LogP contribution in [0.1, 0.15) is 63.4 Å². The van der Waals surface area contributed by atoms with Crippen LogP contribution in [0.15, 0.2) is 30.5 Å². The maximum absolute atomic E-state index is 12.1. The van der Waals surface area contributed by atoms with E-state index in [2.05, 4.69) is 26.3 Å². The maximum Gasteiger partial charge on any atom is 0.229 e. The molecule has 1 aromatic carbocycles. The van der Waals surface area contributed by atoms with Gasteiger partial charge in [0.2, 0.25) is 17.8 Å². The van der Waals surface area contributed by atoms with Crippen LogP contribution in [0.4, 0.5) is 23.1 Å². The lowest BCUT2D eigenvalue weighted by Crippen LogP contribution is -2.30. The first-order chi connectivity index (χ1) is 15.6. The Balaban J connectivity index is 1.32. The Morgan fingerprint density at radius 1 is 1.06 bits per heavy atom. The SMILES string of the molecule is CC(=O)Nc1cccc(Nc2ncc(C3CC3)c(NCCCNC(=O)C3CCCC3)n2)c1. The average molecular weight is 437 g/mol. The van der Waals surface area contributed by atoms with Gasteiger partial charge in [0, 0.05) is 49.1 Å². The molecule has 0 unspecified atom stereocenters. The van der Waals surface area contributed by atoms with Crippen molar-refractivity contribution >= 4 is 35.0 Å². The number of nitrogens with zero attached hydrogens (tertiary/aromatic N) is 2. The summed E-state index contributed by atoms with van der Waals surface area (Å²) < 4.78 is 0. The number of hydrogen-bond donors (Lipinski definition) is 4. The van der Waals surface area contributed by atoms with Gasteiger partial charge in [-0.3, -0.25) is 9.59 Å². The molecule has 0 spiro atoms. The molecule has 1 aromatic heterocycles. The second-order valence-electron chi connectivity index (χ2n) is 8.71. The van der Waals surface area contributed by atoms with Crippen LogP contribution >= 0.6 is 0 Å². The van der Waals surface area contributed by atoms with E-state index in [1.165, 1.54) is 32.6 Å². The van der Waals surface area contributed by atoms with Crippen LogP contribution in [-0.4, -0.2) is 34.9 Å². The van der Waals surface area contributed by atoms with Crippen LogP contribution < -0.4 is 21.3 Å². The lowest BCUT2D eigenvalue weighted by atomic mass is 10.1. The van der Waals surface area contributed by atoms with Crippen molar-refractivity contribution in [1.29, 1.82) is 0 Å². The van der Waals surface area contributed by atoms with Crippen LogP contribution in [0.3, 0.4) is 0 Å². The fourth-order valence-corrected chi connectivity index (χ4v) is 4.13. The highest BCUT2D eigenvalue weighted by atomic mass is 16.2. The van der Waals surface area contributed by atoms with Crippen LogP contribution in [0.25, 0.3) is 0 Å². The molecule has 0 bridgehead atoms. The monoisotopic (exact) mass is 436 g/mol. The van der Waals surface area contributed by atoms with Gasteiger partial charge in [0.1, 0.15) is 5.82 Å². The third-order valence-electron chi connectivity index (χ3n) is 5.94. The lowest BCUT2D eigenvalue weighted by molar-refractivity contribution is -0.124. The summed E-state index contributed by atoms with van der Waals surface area (Å²) in [6.07, 6.45) is 9.47. The first kappa shape index (κ1) is 22.0. The standard InChI is InChI=1S/C24H32N6O2/c1-16(31)28-19-8-4-9-20(14-19)29-24-27-15-21(17-10-11-17)22(30-24)25-12-5-13-26-23(32)18-6-2-3-7-18/h4,8-9,14-15,17-18H,2-3,5-7,10-13H2,1H3,(H,26,32)(H,28,31)(H2,25,27,29,30). The molecule has 8 nitrogen and oxygen atoms in total. The van der Waals surface area contributed by atoms with Crippen molar-refractivity contribution in [2.75, 3.05) is 29.0 Å². The fraction of sp³-hybridized carbons (Fsp3) is 0.500. The highest BCUT2D eigenvalue weighted by Gasteiger charge is 2.27. The smallest absolute Gasteiger partial charge is 0.229 e. The molecule has 2 aliphatic carbocycles. The van der Waals surface area contributed by atoms with E-state index in [1.54, 1.807) is 0 Å². The van der Waals surface area contributed by atoms with Gasteiger partial charge in [-0.1, -0.05) is 18.9 Å². The summed E-state index contributed by atoms with van der Waals surface area (Å²) in [6.45, 7) is 2.89. The summed E-state index contributed by atoms with van der Waals surface area (Å²) >= 11 is 0. The zero-order valence-electron chi connectivity index (χ0n) is 18.6. The van der Waals surface area contributed by atoms with Gasteiger partial charge in [0.25, 0.3) is 0 Å². The maximum atomic E-state index is 12.1. The normalized spacial score (nSPS) is 15.9. The van der Waals surface area contributed by atoms with E-state index in [-0.39, 0.29) is 17.7 Å². The topological polar surface area (TPSA) is 108 Å². The summed E-state index contributed by atoms with van der Waals surface area (Å²) in [7, 11) is 0. The number of aromatic nitrogens is 2. The van der Waals surface area contributed by atoms with Crippen molar-refractivity contribution in [3.05, 3.63) is 36.0 Å². The van der Waals surface area contributed by atoms with E-state index < -0.39 is 0 Å². The van der Waals surface area contributed by atoms with Gasteiger partial charge >= 0.3 is 0 Å². The minimum atomic E-state index is -0.113. The number of carbonyl (C=O) groups is 2. The molecule has 2 amide bonds. The van der Waals surface area contributed by atoms with Gasteiger partial charge in [-0.25, -0.2) is 4.98 Å². The molecule has 170 valence electrons. The molecule has 0 atom stereocenters. The Hall–Kier alpha value is -3.16. The number of benzene rings is 1. The molecule has 32 heavy (non-hydrogen) atoms. The second kappa shape index (κ2) is 10.4. The third-order valence-corrected chi connectivity index (χ3v) is 5.94. The highest BCUT2D eigenvalue weighted by Crippen LogP contribution is 2.42. The van der Waals surface area contributed by atoms with Crippen molar-refractivity contribution in [3.63, 3.8) is 0 Å². The van der Waals surface area contributed by atoms with Crippen LogP contribution in [0.2, 0.25) is 0 Å². The minimum absolute atomic E-state index is 0.113. The van der Waals surface area contributed by atoms with Gasteiger partial charge in [-0.05, 0) is 56.2 Å². The zero-order chi connectivity index (χ0) is 22.3. The van der Waals surface area contributed by atoms with Crippen molar-refractivity contribution in [3.8, 4) is 0 Å². The second-order valence-corrected chi connectivity index (χ2v) is 8.71. The third kappa shape index (κ3) is 6.18. The van der Waals surface area contributed by atoms with E-state index in [9.17, 15) is 9.59 Å². The quantitative estimate of drug-likeness (QED) is 0.417. The van der Waals surface area contributed by atoms with Crippen molar-refractivity contribution in [1.82, 2.24) is 15.3 Å². The molecule has 0 saturated heterocycles. The molecular weight excluding hydrogens is 404 g/mol. The van der Waals surface area contributed by atoms with Crippen molar-refractivity contribution < 1.29 is 9.59 Å². The molecule has 0 radical (unpaired) electrons. The molecule has 0 aliphatic heterocycles. The Bertz CT molecular complexity index is 953. The van der Waals surface area contributed by atoms with Gasteiger partial charge in [-0.15, -0.1) is 0 Å². The summed E-state index contributed by atoms with van der Waals surface area (Å²) in [5.74, 6) is 2.19. The molecule has 4 rings (SSSR count). The molecule has 2 saturated carbocycles. The molecule has 8 heteroatoms. The zero-order valence-corrected chi connectivity index (χ0v) is 18.6. The van der Waals surface area contributed by atoms with Crippen LogP contribution in [-0.2, 0) is 9.59 Å².